The van der Waals surface area contributed by atoms with E-state index in [1.165, 1.54) is 45.4 Å². The summed E-state index contributed by atoms with van der Waals surface area (Å²) >= 11 is 1.24. The molecule has 1 aliphatic heterocycles. The number of aromatic nitrogens is 1. The van der Waals surface area contributed by atoms with Gasteiger partial charge in [0.25, 0.3) is 0 Å². The molecular formula is C24H17F2N3O2S. The smallest absolute Gasteiger partial charge is 0.322 e. The van der Waals surface area contributed by atoms with E-state index >= 15 is 0 Å². The van der Waals surface area contributed by atoms with Crippen LogP contribution < -0.4 is 10.5 Å². The van der Waals surface area contributed by atoms with Gasteiger partial charge in [-0.1, -0.05) is 36.4 Å². The molecule has 0 saturated heterocycles. The normalized spacial score (nSPS) is 13.5. The lowest BCUT2D eigenvalue weighted by Crippen LogP contribution is -2.42. The van der Waals surface area contributed by atoms with Crippen LogP contribution in [0.15, 0.2) is 82.5 Å². The first kappa shape index (κ1) is 20.3. The van der Waals surface area contributed by atoms with Gasteiger partial charge in [-0.3, -0.25) is 14.0 Å². The summed E-state index contributed by atoms with van der Waals surface area (Å²) < 4.78 is 30.2. The average molecular weight is 449 g/mol. The fourth-order valence-electron chi connectivity index (χ4n) is 3.81. The Hall–Kier alpha value is -3.65. The van der Waals surface area contributed by atoms with Crippen molar-refractivity contribution in [3.05, 3.63) is 106 Å². The summed E-state index contributed by atoms with van der Waals surface area (Å²) in [5, 5.41) is 0.825. The van der Waals surface area contributed by atoms with Gasteiger partial charge in [-0.25, -0.2) is 13.6 Å². The summed E-state index contributed by atoms with van der Waals surface area (Å²) in [6, 6.07) is 19.3. The first-order valence-corrected chi connectivity index (χ1v) is 10.7. The van der Waals surface area contributed by atoms with E-state index < -0.39 is 17.7 Å². The van der Waals surface area contributed by atoms with Gasteiger partial charge in [0, 0.05) is 22.5 Å². The maximum atomic E-state index is 14.3. The summed E-state index contributed by atoms with van der Waals surface area (Å²) in [5.41, 5.74) is 1.50. The summed E-state index contributed by atoms with van der Waals surface area (Å²) in [7, 11) is 0. The number of H-pyrrole nitrogens is 1. The zero-order valence-electron chi connectivity index (χ0n) is 16.7. The van der Waals surface area contributed by atoms with Gasteiger partial charge in [0.2, 0.25) is 5.56 Å². The average Bonchev–Trinajstić information content (AvgIpc) is 2.78. The molecule has 1 aliphatic rings. The van der Waals surface area contributed by atoms with E-state index in [0.29, 0.717) is 16.8 Å². The lowest BCUT2D eigenvalue weighted by atomic mass is 10.1. The zero-order valence-corrected chi connectivity index (χ0v) is 17.5. The summed E-state index contributed by atoms with van der Waals surface area (Å²) in [4.78, 5) is 30.5. The number of carbonyl (C=O) groups is 1. The maximum Gasteiger partial charge on any atom is 0.335 e. The predicted molar refractivity (Wildman–Crippen MR) is 120 cm³/mol. The van der Waals surface area contributed by atoms with Crippen molar-refractivity contribution in [2.75, 3.05) is 4.90 Å². The Bertz CT molecular complexity index is 1390. The highest BCUT2D eigenvalue weighted by molar-refractivity contribution is 7.97. The van der Waals surface area contributed by atoms with Crippen LogP contribution in [0.1, 0.15) is 11.1 Å². The van der Waals surface area contributed by atoms with Crippen LogP contribution in [0.3, 0.4) is 0 Å². The van der Waals surface area contributed by atoms with Crippen molar-refractivity contribution in [3.63, 3.8) is 0 Å². The van der Waals surface area contributed by atoms with Gasteiger partial charge in [0.15, 0.2) is 0 Å². The second kappa shape index (κ2) is 8.12. The molecule has 0 atom stereocenters. The van der Waals surface area contributed by atoms with Crippen molar-refractivity contribution in [1.29, 1.82) is 0 Å². The highest BCUT2D eigenvalue weighted by Crippen LogP contribution is 2.40. The van der Waals surface area contributed by atoms with Crippen LogP contribution in [0.2, 0.25) is 0 Å². The molecule has 1 aromatic heterocycles. The van der Waals surface area contributed by atoms with Crippen molar-refractivity contribution in [3.8, 4) is 0 Å². The summed E-state index contributed by atoms with van der Waals surface area (Å²) in [6.07, 6.45) is 0. The molecule has 8 heteroatoms. The number of carbonyl (C=O) groups excluding carboxylic acids is 1. The van der Waals surface area contributed by atoms with Crippen molar-refractivity contribution >= 4 is 34.6 Å². The van der Waals surface area contributed by atoms with Gasteiger partial charge < -0.3 is 4.98 Å². The molecule has 1 N–H and O–H groups in total. The van der Waals surface area contributed by atoms with Crippen LogP contribution in [0.4, 0.5) is 19.3 Å². The number of nitrogens with one attached hydrogen (secondary N) is 1. The summed E-state index contributed by atoms with van der Waals surface area (Å²) in [5.74, 6) is -1.42. The van der Waals surface area contributed by atoms with Crippen LogP contribution in [0.25, 0.3) is 10.9 Å². The van der Waals surface area contributed by atoms with Crippen LogP contribution in [0.5, 0.6) is 0 Å². The second-order valence-electron chi connectivity index (χ2n) is 7.37. The Morgan fingerprint density at radius 2 is 1.56 bits per heavy atom. The van der Waals surface area contributed by atoms with Gasteiger partial charge in [-0.15, -0.1) is 0 Å². The second-order valence-corrected chi connectivity index (χ2v) is 8.43. The number of hydrogen-bond donors (Lipinski definition) is 1. The van der Waals surface area contributed by atoms with E-state index in [9.17, 15) is 18.4 Å². The molecule has 160 valence electrons. The first-order valence-electron chi connectivity index (χ1n) is 9.91. The van der Waals surface area contributed by atoms with Crippen molar-refractivity contribution in [2.24, 2.45) is 0 Å². The van der Waals surface area contributed by atoms with Gasteiger partial charge in [0.05, 0.1) is 23.7 Å². The van der Waals surface area contributed by atoms with Crippen molar-refractivity contribution in [2.45, 2.75) is 18.0 Å². The molecule has 0 radical (unpaired) electrons. The highest BCUT2D eigenvalue weighted by atomic mass is 32.2. The van der Waals surface area contributed by atoms with Crippen LogP contribution in [0, 0.1) is 11.6 Å². The molecule has 2 heterocycles. The van der Waals surface area contributed by atoms with Crippen LogP contribution >= 0.6 is 11.9 Å². The molecule has 3 aromatic carbocycles. The topological polar surface area (TPSA) is 56.4 Å². The van der Waals surface area contributed by atoms with E-state index in [4.69, 9.17) is 0 Å². The number of para-hydroxylation sites is 2. The minimum absolute atomic E-state index is 0.151. The predicted octanol–water partition coefficient (Wildman–Crippen LogP) is 5.46. The standard InChI is InChI=1S/C24H17F2N3O2S/c25-18-7-5-8-19(26)17(18)14-28-21-10-3-4-11-22(21)32-29(24(28)31)13-15-12-23(30)27-20-9-2-1-6-16(15)20/h1-12H,13-14H2,(H,27,30). The highest BCUT2D eigenvalue weighted by Gasteiger charge is 2.32. The fourth-order valence-corrected chi connectivity index (χ4v) is 4.84. The number of fused-ring (bicyclic) bond motifs is 2. The number of aromatic amines is 1. The number of halogens is 2. The molecule has 5 rings (SSSR count). The number of hydrogen-bond acceptors (Lipinski definition) is 3. The Morgan fingerprint density at radius 1 is 0.844 bits per heavy atom. The lowest BCUT2D eigenvalue weighted by Gasteiger charge is -2.36. The molecule has 0 fully saturated rings. The van der Waals surface area contributed by atoms with Gasteiger partial charge in [-0.2, -0.15) is 0 Å². The molecule has 0 bridgehead atoms. The summed E-state index contributed by atoms with van der Waals surface area (Å²) in [6.45, 7) is -0.0972. The third kappa shape index (κ3) is 3.62. The Labute approximate surface area is 186 Å². The zero-order chi connectivity index (χ0) is 22.2. The molecule has 0 aliphatic carbocycles. The minimum Gasteiger partial charge on any atom is -0.322 e. The third-order valence-electron chi connectivity index (χ3n) is 5.34. The largest absolute Gasteiger partial charge is 0.335 e. The minimum atomic E-state index is -0.708. The molecule has 0 saturated carbocycles. The Kier molecular flexibility index (Phi) is 5.14. The monoisotopic (exact) mass is 449 g/mol. The molecule has 0 unspecified atom stereocenters. The molecule has 5 nitrogen and oxygen atoms in total. The van der Waals surface area contributed by atoms with E-state index in [1.807, 2.05) is 30.3 Å². The van der Waals surface area contributed by atoms with E-state index in [1.54, 1.807) is 18.2 Å². The van der Waals surface area contributed by atoms with Crippen molar-refractivity contribution in [1.82, 2.24) is 9.29 Å². The fraction of sp³-hybridized carbons (Fsp3) is 0.0833. The molecule has 0 spiro atoms. The lowest BCUT2D eigenvalue weighted by molar-refractivity contribution is 0.229. The number of anilines is 1. The van der Waals surface area contributed by atoms with Gasteiger partial charge in [0.1, 0.15) is 11.6 Å². The first-order chi connectivity index (χ1) is 15.5. The molecule has 2 amide bonds. The van der Waals surface area contributed by atoms with Crippen LogP contribution in [-0.4, -0.2) is 15.3 Å². The number of benzene rings is 3. The Balaban J connectivity index is 1.55. The maximum absolute atomic E-state index is 14.3. The SMILES string of the molecule is O=C1N(Cc2cc(=O)[nH]c3ccccc23)Sc2ccccc2N1Cc1c(F)cccc1F. The molecule has 4 aromatic rings. The number of urea groups is 1. The van der Waals surface area contributed by atoms with Gasteiger partial charge >= 0.3 is 6.03 Å². The number of nitrogens with zero attached hydrogens (tertiary/aromatic N) is 2. The van der Waals surface area contributed by atoms with E-state index in [-0.39, 0.29) is 24.2 Å². The third-order valence-corrected chi connectivity index (χ3v) is 6.38. The quantitative estimate of drug-likeness (QED) is 0.421. The Morgan fingerprint density at radius 3 is 2.38 bits per heavy atom. The number of pyridine rings is 1. The molecular weight excluding hydrogens is 432 g/mol. The number of amides is 2. The van der Waals surface area contributed by atoms with E-state index in [0.717, 1.165) is 10.3 Å². The van der Waals surface area contributed by atoms with Crippen LogP contribution in [-0.2, 0) is 13.1 Å². The number of rotatable bonds is 4. The van der Waals surface area contributed by atoms with E-state index in [2.05, 4.69) is 4.98 Å². The molecule has 32 heavy (non-hydrogen) atoms. The van der Waals surface area contributed by atoms with Gasteiger partial charge in [-0.05, 0) is 47.8 Å². The van der Waals surface area contributed by atoms with Crippen molar-refractivity contribution < 1.29 is 13.6 Å².